The number of likely N-dealkylation sites (tertiary alicyclic amines) is 1. The van der Waals surface area contributed by atoms with Crippen LogP contribution in [0, 0.1) is 0 Å². The summed E-state index contributed by atoms with van der Waals surface area (Å²) in [6, 6.07) is 26.1. The highest BCUT2D eigenvalue weighted by Crippen LogP contribution is 2.28. The van der Waals surface area contributed by atoms with Gasteiger partial charge in [-0.3, -0.25) is 9.69 Å². The zero-order valence-electron chi connectivity index (χ0n) is 19.9. The Bertz CT molecular complexity index is 1110. The third-order valence-electron chi connectivity index (χ3n) is 5.72. The first kappa shape index (κ1) is 23.5. The predicted octanol–water partition coefficient (Wildman–Crippen LogP) is 6.04. The number of para-hydroxylation sites is 2. The number of piperidine rings is 1. The molecule has 1 heterocycles. The first-order valence-electron chi connectivity index (χ1n) is 11.8. The molecule has 4 heteroatoms. The monoisotopic (exact) mass is 453 g/mol. The van der Waals surface area contributed by atoms with Crippen LogP contribution in [0.1, 0.15) is 30.5 Å². The molecule has 0 N–H and O–H groups in total. The summed E-state index contributed by atoms with van der Waals surface area (Å²) in [6.07, 6.45) is 3.96. The van der Waals surface area contributed by atoms with Crippen LogP contribution in [0.15, 0.2) is 90.0 Å². The lowest BCUT2D eigenvalue weighted by molar-refractivity contribution is -0.113. The maximum absolute atomic E-state index is 13.6. The van der Waals surface area contributed by atoms with Gasteiger partial charge in [0.05, 0.1) is 13.2 Å². The first-order valence-corrected chi connectivity index (χ1v) is 11.8. The Morgan fingerprint density at radius 2 is 1.18 bits per heavy atom. The van der Waals surface area contributed by atoms with E-state index in [1.54, 1.807) is 0 Å². The summed E-state index contributed by atoms with van der Waals surface area (Å²) < 4.78 is 11.6. The maximum Gasteiger partial charge on any atom is 0.187 e. The zero-order valence-corrected chi connectivity index (χ0v) is 19.9. The fourth-order valence-electron chi connectivity index (χ4n) is 4.21. The summed E-state index contributed by atoms with van der Waals surface area (Å²) in [7, 11) is 0. The lowest BCUT2D eigenvalue weighted by atomic mass is 9.93. The van der Waals surface area contributed by atoms with Crippen LogP contribution in [0.3, 0.4) is 0 Å². The van der Waals surface area contributed by atoms with E-state index in [2.05, 4.69) is 29.2 Å². The highest BCUT2D eigenvalue weighted by molar-refractivity contribution is 6.14. The van der Waals surface area contributed by atoms with Crippen LogP contribution in [-0.2, 0) is 11.3 Å². The number of hydrogen-bond acceptors (Lipinski definition) is 4. The number of hydrogen-bond donors (Lipinski definition) is 0. The lowest BCUT2D eigenvalue weighted by Gasteiger charge is -2.30. The van der Waals surface area contributed by atoms with E-state index in [0.29, 0.717) is 26.3 Å². The van der Waals surface area contributed by atoms with Gasteiger partial charge in [0.2, 0.25) is 0 Å². The number of benzene rings is 3. The Labute approximate surface area is 202 Å². The molecule has 0 atom stereocenters. The molecule has 0 spiro atoms. The van der Waals surface area contributed by atoms with Crippen molar-refractivity contribution in [2.45, 2.75) is 20.4 Å². The summed E-state index contributed by atoms with van der Waals surface area (Å²) in [5.74, 6) is 1.65. The maximum atomic E-state index is 13.6. The van der Waals surface area contributed by atoms with Crippen molar-refractivity contribution in [3.05, 3.63) is 107 Å². The molecule has 1 saturated heterocycles. The molecule has 0 aliphatic carbocycles. The van der Waals surface area contributed by atoms with Crippen LogP contribution >= 0.6 is 0 Å². The average Bonchev–Trinajstić information content (AvgIpc) is 2.85. The van der Waals surface area contributed by atoms with E-state index >= 15 is 0 Å². The Kier molecular flexibility index (Phi) is 7.95. The molecule has 3 aromatic carbocycles. The molecule has 0 saturated carbocycles. The van der Waals surface area contributed by atoms with Gasteiger partial charge in [-0.25, -0.2) is 0 Å². The van der Waals surface area contributed by atoms with E-state index < -0.39 is 0 Å². The van der Waals surface area contributed by atoms with Crippen LogP contribution < -0.4 is 9.47 Å². The number of rotatable bonds is 8. The van der Waals surface area contributed by atoms with Gasteiger partial charge in [-0.15, -0.1) is 0 Å². The Morgan fingerprint density at radius 3 is 1.68 bits per heavy atom. The molecule has 0 aromatic heterocycles. The van der Waals surface area contributed by atoms with Gasteiger partial charge in [-0.1, -0.05) is 66.7 Å². The minimum absolute atomic E-state index is 0.0712. The van der Waals surface area contributed by atoms with Crippen molar-refractivity contribution in [1.29, 1.82) is 0 Å². The Morgan fingerprint density at radius 1 is 0.706 bits per heavy atom. The number of ketones is 1. The van der Waals surface area contributed by atoms with Crippen LogP contribution in [0.2, 0.25) is 0 Å². The normalized spacial score (nSPS) is 16.7. The minimum Gasteiger partial charge on any atom is -0.493 e. The molecule has 1 aliphatic rings. The van der Waals surface area contributed by atoms with Crippen molar-refractivity contribution < 1.29 is 14.3 Å². The standard InChI is InChI=1S/C30H31NO3/c1-3-33-28-16-10-8-14-24(28)18-26-21-31(20-23-12-6-5-7-13-23)22-27(30(26)32)19-25-15-9-11-17-29(25)34-4-2/h5-19H,3-4,20-22H2,1-2H3. The SMILES string of the molecule is CCOc1ccccc1C=C1CN(Cc2ccccc2)CC(=Cc2ccccc2OCC)C1=O. The third-order valence-corrected chi connectivity index (χ3v) is 5.72. The molecule has 34 heavy (non-hydrogen) atoms. The number of ether oxygens (including phenoxy) is 2. The average molecular weight is 454 g/mol. The van der Waals surface area contributed by atoms with E-state index in [0.717, 1.165) is 40.3 Å². The number of Topliss-reactive ketones (excluding diaryl/α,β-unsaturated/α-hetero) is 1. The fourth-order valence-corrected chi connectivity index (χ4v) is 4.21. The molecular weight excluding hydrogens is 422 g/mol. The number of carbonyl (C=O) groups is 1. The first-order chi connectivity index (χ1) is 16.7. The lowest BCUT2D eigenvalue weighted by Crippen LogP contribution is -2.37. The molecule has 4 nitrogen and oxygen atoms in total. The highest BCUT2D eigenvalue weighted by Gasteiger charge is 2.27. The van der Waals surface area contributed by atoms with Gasteiger partial charge in [0.1, 0.15) is 11.5 Å². The molecular formula is C30H31NO3. The second-order valence-electron chi connectivity index (χ2n) is 8.24. The molecule has 0 bridgehead atoms. The molecule has 0 unspecified atom stereocenters. The van der Waals surface area contributed by atoms with E-state index in [9.17, 15) is 4.79 Å². The fraction of sp³-hybridized carbons (Fsp3) is 0.233. The van der Waals surface area contributed by atoms with Crippen molar-refractivity contribution in [3.8, 4) is 11.5 Å². The third kappa shape index (κ3) is 5.83. The number of carbonyl (C=O) groups excluding carboxylic acids is 1. The minimum atomic E-state index is 0.0712. The Hall–Kier alpha value is -3.63. The Balaban J connectivity index is 1.72. The molecule has 1 fully saturated rings. The highest BCUT2D eigenvalue weighted by atomic mass is 16.5. The quantitative estimate of drug-likeness (QED) is 0.390. The second-order valence-corrected chi connectivity index (χ2v) is 8.24. The van der Waals surface area contributed by atoms with Crippen molar-refractivity contribution in [3.63, 3.8) is 0 Å². The van der Waals surface area contributed by atoms with E-state index in [4.69, 9.17) is 9.47 Å². The summed E-state index contributed by atoms with van der Waals surface area (Å²) in [6.45, 7) is 7.02. The molecule has 0 amide bonds. The molecule has 0 radical (unpaired) electrons. The van der Waals surface area contributed by atoms with Gasteiger partial charge in [-0.05, 0) is 43.7 Å². The van der Waals surface area contributed by atoms with Gasteiger partial charge in [0.25, 0.3) is 0 Å². The van der Waals surface area contributed by atoms with Crippen molar-refractivity contribution in [2.75, 3.05) is 26.3 Å². The van der Waals surface area contributed by atoms with E-state index in [1.165, 1.54) is 5.56 Å². The van der Waals surface area contributed by atoms with Crippen LogP contribution in [-0.4, -0.2) is 37.0 Å². The van der Waals surface area contributed by atoms with Gasteiger partial charge in [0.15, 0.2) is 5.78 Å². The topological polar surface area (TPSA) is 38.8 Å². The van der Waals surface area contributed by atoms with Crippen LogP contribution in [0.5, 0.6) is 11.5 Å². The molecule has 3 aromatic rings. The zero-order chi connectivity index (χ0) is 23.8. The van der Waals surface area contributed by atoms with Crippen molar-refractivity contribution >= 4 is 17.9 Å². The van der Waals surface area contributed by atoms with Crippen molar-refractivity contribution in [1.82, 2.24) is 4.90 Å². The van der Waals surface area contributed by atoms with Gasteiger partial charge in [0, 0.05) is 41.9 Å². The molecule has 1 aliphatic heterocycles. The summed E-state index contributed by atoms with van der Waals surface area (Å²) >= 11 is 0. The van der Waals surface area contributed by atoms with Gasteiger partial charge >= 0.3 is 0 Å². The number of nitrogens with zero attached hydrogens (tertiary/aromatic N) is 1. The second kappa shape index (κ2) is 11.5. The van der Waals surface area contributed by atoms with Crippen LogP contribution in [0.25, 0.3) is 12.2 Å². The summed E-state index contributed by atoms with van der Waals surface area (Å²) in [5, 5.41) is 0. The summed E-state index contributed by atoms with van der Waals surface area (Å²) in [5.41, 5.74) is 4.58. The van der Waals surface area contributed by atoms with E-state index in [1.807, 2.05) is 80.6 Å². The van der Waals surface area contributed by atoms with E-state index in [-0.39, 0.29) is 5.78 Å². The molecule has 4 rings (SSSR count). The largest absolute Gasteiger partial charge is 0.493 e. The van der Waals surface area contributed by atoms with Gasteiger partial charge < -0.3 is 9.47 Å². The molecule has 174 valence electrons. The smallest absolute Gasteiger partial charge is 0.187 e. The summed E-state index contributed by atoms with van der Waals surface area (Å²) in [4.78, 5) is 15.9. The van der Waals surface area contributed by atoms with Crippen molar-refractivity contribution in [2.24, 2.45) is 0 Å². The predicted molar refractivity (Wildman–Crippen MR) is 138 cm³/mol. The van der Waals surface area contributed by atoms with Crippen LogP contribution in [0.4, 0.5) is 0 Å². The van der Waals surface area contributed by atoms with Gasteiger partial charge in [-0.2, -0.15) is 0 Å².